The lowest BCUT2D eigenvalue weighted by molar-refractivity contribution is 0.0307. The fourth-order valence-corrected chi connectivity index (χ4v) is 0.884. The molecule has 0 saturated heterocycles. The van der Waals surface area contributed by atoms with Crippen molar-refractivity contribution in [3.8, 4) is 5.75 Å². The van der Waals surface area contributed by atoms with Gasteiger partial charge in [0.1, 0.15) is 12.0 Å². The van der Waals surface area contributed by atoms with Crippen LogP contribution in [0, 0.1) is 0 Å². The Morgan fingerprint density at radius 3 is 2.33 bits per heavy atom. The molecule has 0 unspecified atom stereocenters. The lowest BCUT2D eigenvalue weighted by Gasteiger charge is -2.05. The summed E-state index contributed by atoms with van der Waals surface area (Å²) >= 11 is 0. The number of hydrogen-bond acceptors (Lipinski definition) is 4. The molecule has 0 aliphatic carbocycles. The van der Waals surface area contributed by atoms with Crippen LogP contribution in [0.4, 0.5) is 0 Å². The Bertz CT molecular complexity index is 327. The molecule has 0 aliphatic rings. The molecule has 1 rings (SSSR count). The Morgan fingerprint density at radius 1 is 1.33 bits per heavy atom. The van der Waals surface area contributed by atoms with Crippen molar-refractivity contribution < 1.29 is 19.4 Å². The Kier molecular flexibility index (Phi) is 9.54. The van der Waals surface area contributed by atoms with Gasteiger partial charge in [-0.05, 0) is 38.1 Å². The van der Waals surface area contributed by atoms with Crippen LogP contribution in [0.15, 0.2) is 36.9 Å². The molecule has 100 valence electrons. The molecule has 0 fully saturated rings. The molecule has 0 bridgehead atoms. The van der Waals surface area contributed by atoms with Crippen LogP contribution in [0.2, 0.25) is 0 Å². The predicted molar refractivity (Wildman–Crippen MR) is 70.8 cm³/mol. The quantitative estimate of drug-likeness (QED) is 0.365. The highest BCUT2D eigenvalue weighted by Crippen LogP contribution is 2.10. The van der Waals surface area contributed by atoms with Gasteiger partial charge in [0.2, 0.25) is 0 Å². The molecule has 4 heteroatoms. The van der Waals surface area contributed by atoms with Crippen molar-refractivity contribution in [3.05, 3.63) is 42.5 Å². The van der Waals surface area contributed by atoms with E-state index in [4.69, 9.17) is 14.6 Å². The highest BCUT2D eigenvalue weighted by atomic mass is 16.7. The van der Waals surface area contributed by atoms with Crippen molar-refractivity contribution in [1.82, 2.24) is 0 Å². The fraction of sp³-hybridized carbons (Fsp3) is 0.357. The van der Waals surface area contributed by atoms with Gasteiger partial charge >= 0.3 is 0 Å². The molecule has 1 N–H and O–H groups in total. The van der Waals surface area contributed by atoms with Gasteiger partial charge < -0.3 is 14.6 Å². The molecule has 18 heavy (non-hydrogen) atoms. The summed E-state index contributed by atoms with van der Waals surface area (Å²) in [5.41, 5.74) is 0.629. The van der Waals surface area contributed by atoms with E-state index >= 15 is 0 Å². The summed E-state index contributed by atoms with van der Waals surface area (Å²) in [7, 11) is 0. The van der Waals surface area contributed by atoms with E-state index in [2.05, 4.69) is 6.58 Å². The molecule has 1 aromatic rings. The summed E-state index contributed by atoms with van der Waals surface area (Å²) in [5.74, 6) is 0.680. The highest BCUT2D eigenvalue weighted by molar-refractivity contribution is 5.74. The van der Waals surface area contributed by atoms with Gasteiger partial charge in [-0.15, -0.1) is 6.58 Å². The van der Waals surface area contributed by atoms with E-state index in [1.165, 1.54) is 0 Å². The predicted octanol–water partition coefficient (Wildman–Crippen LogP) is 2.43. The minimum Gasteiger partial charge on any atom is -0.468 e. The van der Waals surface area contributed by atoms with E-state index in [0.717, 1.165) is 6.29 Å². The maximum atomic E-state index is 10.3. The van der Waals surface area contributed by atoms with E-state index in [1.54, 1.807) is 44.2 Å². The molecule has 0 aromatic heterocycles. The largest absolute Gasteiger partial charge is 0.468 e. The number of carbonyl (C=O) groups is 1. The Morgan fingerprint density at radius 2 is 1.89 bits per heavy atom. The standard InChI is InChI=1S/C11H12O3.C3H8O/c1-2-7-13-9-14-11-5-3-10(8-12)4-6-11;1-3(2)4/h2-6,8H,1,7,9H2;3-4H,1-2H3. The van der Waals surface area contributed by atoms with Gasteiger partial charge in [-0.25, -0.2) is 0 Å². The second-order valence-electron chi connectivity index (χ2n) is 3.70. The summed E-state index contributed by atoms with van der Waals surface area (Å²) in [4.78, 5) is 10.3. The Labute approximate surface area is 108 Å². The lowest BCUT2D eigenvalue weighted by Crippen LogP contribution is -2.02. The van der Waals surface area contributed by atoms with E-state index < -0.39 is 0 Å². The lowest BCUT2D eigenvalue weighted by atomic mass is 10.2. The first-order valence-electron chi connectivity index (χ1n) is 5.65. The number of ether oxygens (including phenoxy) is 2. The van der Waals surface area contributed by atoms with Crippen LogP contribution in [0.1, 0.15) is 24.2 Å². The van der Waals surface area contributed by atoms with Crippen molar-refractivity contribution >= 4 is 6.29 Å². The van der Waals surface area contributed by atoms with Crippen LogP contribution in [0.3, 0.4) is 0 Å². The maximum Gasteiger partial charge on any atom is 0.189 e. The number of aliphatic hydroxyl groups is 1. The zero-order valence-electron chi connectivity index (χ0n) is 10.8. The molecule has 4 nitrogen and oxygen atoms in total. The molecule has 0 amide bonds. The van der Waals surface area contributed by atoms with Gasteiger partial charge in [-0.3, -0.25) is 4.79 Å². The van der Waals surface area contributed by atoms with Crippen molar-refractivity contribution in [2.24, 2.45) is 0 Å². The van der Waals surface area contributed by atoms with Gasteiger partial charge in [-0.1, -0.05) is 6.08 Å². The van der Waals surface area contributed by atoms with E-state index in [0.29, 0.717) is 17.9 Å². The van der Waals surface area contributed by atoms with Crippen LogP contribution in [-0.2, 0) is 4.74 Å². The molecule has 0 saturated carbocycles. The number of aliphatic hydroxyl groups excluding tert-OH is 1. The number of carbonyl (C=O) groups excluding carboxylic acids is 1. The second-order valence-corrected chi connectivity index (χ2v) is 3.70. The summed E-state index contributed by atoms with van der Waals surface area (Å²) in [6, 6.07) is 6.83. The summed E-state index contributed by atoms with van der Waals surface area (Å²) < 4.78 is 10.3. The molecule has 0 heterocycles. The maximum absolute atomic E-state index is 10.3. The third-order valence-electron chi connectivity index (χ3n) is 1.56. The monoisotopic (exact) mass is 252 g/mol. The van der Waals surface area contributed by atoms with E-state index in [1.807, 2.05) is 0 Å². The molecular weight excluding hydrogens is 232 g/mol. The third-order valence-corrected chi connectivity index (χ3v) is 1.56. The highest BCUT2D eigenvalue weighted by Gasteiger charge is 1.93. The third kappa shape index (κ3) is 9.57. The number of benzene rings is 1. The zero-order chi connectivity index (χ0) is 13.8. The first-order valence-corrected chi connectivity index (χ1v) is 5.65. The Balaban J connectivity index is 0.000000631. The van der Waals surface area contributed by atoms with Crippen LogP contribution in [-0.4, -0.2) is 30.9 Å². The smallest absolute Gasteiger partial charge is 0.189 e. The molecule has 1 aromatic carbocycles. The normalized spacial score (nSPS) is 9.33. The number of rotatable bonds is 6. The van der Waals surface area contributed by atoms with Gasteiger partial charge in [0.15, 0.2) is 6.79 Å². The van der Waals surface area contributed by atoms with Crippen molar-refractivity contribution in [1.29, 1.82) is 0 Å². The van der Waals surface area contributed by atoms with Gasteiger partial charge in [0, 0.05) is 11.7 Å². The first kappa shape index (κ1) is 16.4. The number of hydrogen-bond donors (Lipinski definition) is 1. The van der Waals surface area contributed by atoms with Gasteiger partial charge in [-0.2, -0.15) is 0 Å². The van der Waals surface area contributed by atoms with Crippen molar-refractivity contribution in [3.63, 3.8) is 0 Å². The average Bonchev–Trinajstić information content (AvgIpc) is 2.35. The summed E-state index contributed by atoms with van der Waals surface area (Å²) in [6.07, 6.45) is 2.27. The zero-order valence-corrected chi connectivity index (χ0v) is 10.8. The molecular formula is C14H20O4. The second kappa shape index (κ2) is 10.5. The van der Waals surface area contributed by atoms with Gasteiger partial charge in [0.25, 0.3) is 0 Å². The van der Waals surface area contributed by atoms with Crippen molar-refractivity contribution in [2.75, 3.05) is 13.4 Å². The summed E-state index contributed by atoms with van der Waals surface area (Å²) in [5, 5.41) is 8.06. The Hall–Kier alpha value is -1.65. The summed E-state index contributed by atoms with van der Waals surface area (Å²) in [6.45, 7) is 7.60. The molecule has 0 atom stereocenters. The van der Waals surface area contributed by atoms with Crippen LogP contribution < -0.4 is 4.74 Å². The minimum absolute atomic E-state index is 0.167. The van der Waals surface area contributed by atoms with Crippen LogP contribution in [0.5, 0.6) is 5.75 Å². The molecule has 0 spiro atoms. The minimum atomic E-state index is -0.167. The van der Waals surface area contributed by atoms with E-state index in [9.17, 15) is 4.79 Å². The van der Waals surface area contributed by atoms with Crippen LogP contribution >= 0.6 is 0 Å². The fourth-order valence-electron chi connectivity index (χ4n) is 0.884. The van der Waals surface area contributed by atoms with E-state index in [-0.39, 0.29) is 12.9 Å². The van der Waals surface area contributed by atoms with Crippen LogP contribution in [0.25, 0.3) is 0 Å². The molecule has 0 aliphatic heterocycles. The topological polar surface area (TPSA) is 55.8 Å². The number of aldehydes is 1. The van der Waals surface area contributed by atoms with Gasteiger partial charge in [0.05, 0.1) is 6.61 Å². The first-order chi connectivity index (χ1) is 8.60. The van der Waals surface area contributed by atoms with Crippen molar-refractivity contribution in [2.45, 2.75) is 20.0 Å². The molecule has 0 radical (unpaired) electrons. The average molecular weight is 252 g/mol. The SMILES string of the molecule is C=CCOCOc1ccc(C=O)cc1.CC(C)O.